The zero-order valence-corrected chi connectivity index (χ0v) is 10.4. The minimum atomic E-state index is -0.362. The summed E-state index contributed by atoms with van der Waals surface area (Å²) in [6.07, 6.45) is 2.32. The number of nitrogens with one attached hydrogen (secondary N) is 2. The van der Waals surface area contributed by atoms with E-state index in [4.69, 9.17) is 4.52 Å². The molecule has 2 N–H and O–H groups in total. The number of aromatic nitrogens is 3. The van der Waals surface area contributed by atoms with E-state index in [9.17, 15) is 4.79 Å². The van der Waals surface area contributed by atoms with Gasteiger partial charge in [0, 0.05) is 12.1 Å². The number of hydrogen-bond acceptors (Lipinski definition) is 6. The maximum atomic E-state index is 11.9. The first-order valence-corrected chi connectivity index (χ1v) is 6.05. The van der Waals surface area contributed by atoms with Gasteiger partial charge >= 0.3 is 0 Å². The molecule has 19 heavy (non-hydrogen) atoms. The lowest BCUT2D eigenvalue weighted by atomic mass is 10.3. The number of carbonyl (C=O) groups excluding carboxylic acids is 1. The van der Waals surface area contributed by atoms with Crippen LogP contribution in [0.25, 0.3) is 0 Å². The molecule has 1 fully saturated rings. The summed E-state index contributed by atoms with van der Waals surface area (Å²) in [5.41, 5.74) is 0.238. The standard InChI is InChI=1S/C12H13N5O2/c1-7-6-11(17-19-7)14-12(18)9-4-5-10(16-15-9)13-8-2-3-8/h4-6,8H,2-3H2,1H3,(H,13,16)(H,14,17,18). The van der Waals surface area contributed by atoms with Gasteiger partial charge in [0.15, 0.2) is 11.5 Å². The number of rotatable bonds is 4. The van der Waals surface area contributed by atoms with Crippen molar-refractivity contribution in [2.75, 3.05) is 10.6 Å². The van der Waals surface area contributed by atoms with Crippen LogP contribution in [0.15, 0.2) is 22.7 Å². The summed E-state index contributed by atoms with van der Waals surface area (Å²) >= 11 is 0. The van der Waals surface area contributed by atoms with Crippen molar-refractivity contribution in [2.24, 2.45) is 0 Å². The summed E-state index contributed by atoms with van der Waals surface area (Å²) in [6, 6.07) is 5.51. The van der Waals surface area contributed by atoms with Gasteiger partial charge in [0.05, 0.1) is 0 Å². The van der Waals surface area contributed by atoms with Gasteiger partial charge in [-0.2, -0.15) is 0 Å². The van der Waals surface area contributed by atoms with Gasteiger partial charge in [0.2, 0.25) is 0 Å². The SMILES string of the molecule is Cc1cc(NC(=O)c2ccc(NC3CC3)nn2)no1. The van der Waals surface area contributed by atoms with E-state index in [1.807, 2.05) is 0 Å². The first-order valence-electron chi connectivity index (χ1n) is 6.05. The van der Waals surface area contributed by atoms with E-state index >= 15 is 0 Å². The third kappa shape index (κ3) is 2.87. The zero-order chi connectivity index (χ0) is 13.2. The Bertz CT molecular complexity index is 588. The average molecular weight is 259 g/mol. The van der Waals surface area contributed by atoms with Gasteiger partial charge in [0.25, 0.3) is 5.91 Å². The molecule has 7 nitrogen and oxygen atoms in total. The van der Waals surface area contributed by atoms with E-state index in [1.54, 1.807) is 25.1 Å². The Balaban J connectivity index is 1.65. The van der Waals surface area contributed by atoms with Crippen LogP contribution in [0.5, 0.6) is 0 Å². The Labute approximate surface area is 109 Å². The minimum absolute atomic E-state index is 0.238. The number of hydrogen-bond donors (Lipinski definition) is 2. The van der Waals surface area contributed by atoms with Crippen molar-refractivity contribution in [3.63, 3.8) is 0 Å². The van der Waals surface area contributed by atoms with E-state index < -0.39 is 0 Å². The molecule has 3 rings (SSSR count). The summed E-state index contributed by atoms with van der Waals surface area (Å²) in [5, 5.41) is 17.3. The zero-order valence-electron chi connectivity index (χ0n) is 10.4. The monoisotopic (exact) mass is 259 g/mol. The van der Waals surface area contributed by atoms with Crippen LogP contribution in [0.3, 0.4) is 0 Å². The first kappa shape index (κ1) is 11.6. The molecule has 0 spiro atoms. The minimum Gasteiger partial charge on any atom is -0.366 e. The fraction of sp³-hybridized carbons (Fsp3) is 0.333. The van der Waals surface area contributed by atoms with E-state index in [0.29, 0.717) is 23.4 Å². The maximum absolute atomic E-state index is 11.9. The molecule has 98 valence electrons. The molecule has 1 aliphatic carbocycles. The molecule has 0 unspecified atom stereocenters. The number of anilines is 2. The molecule has 2 aromatic rings. The molecule has 1 saturated carbocycles. The maximum Gasteiger partial charge on any atom is 0.277 e. The van der Waals surface area contributed by atoms with Gasteiger partial charge in [-0.3, -0.25) is 4.79 Å². The second kappa shape index (κ2) is 4.68. The van der Waals surface area contributed by atoms with Crippen molar-refractivity contribution in [2.45, 2.75) is 25.8 Å². The molecular weight excluding hydrogens is 246 g/mol. The van der Waals surface area contributed by atoms with E-state index in [-0.39, 0.29) is 11.6 Å². The van der Waals surface area contributed by atoms with Crippen molar-refractivity contribution in [3.8, 4) is 0 Å². The smallest absolute Gasteiger partial charge is 0.277 e. The summed E-state index contributed by atoms with van der Waals surface area (Å²) in [7, 11) is 0. The van der Waals surface area contributed by atoms with E-state index in [0.717, 1.165) is 12.8 Å². The van der Waals surface area contributed by atoms with Crippen LogP contribution in [0.1, 0.15) is 29.1 Å². The largest absolute Gasteiger partial charge is 0.366 e. The lowest BCUT2D eigenvalue weighted by Gasteiger charge is -2.03. The van der Waals surface area contributed by atoms with Crippen LogP contribution in [-0.2, 0) is 0 Å². The lowest BCUT2D eigenvalue weighted by molar-refractivity contribution is 0.102. The number of amides is 1. The Morgan fingerprint density at radius 2 is 2.16 bits per heavy atom. The van der Waals surface area contributed by atoms with Gasteiger partial charge in [0.1, 0.15) is 11.6 Å². The topological polar surface area (TPSA) is 92.9 Å². The van der Waals surface area contributed by atoms with Crippen LogP contribution < -0.4 is 10.6 Å². The highest BCUT2D eigenvalue weighted by Crippen LogP contribution is 2.23. The molecule has 0 atom stereocenters. The van der Waals surface area contributed by atoms with Gasteiger partial charge in [-0.25, -0.2) is 0 Å². The highest BCUT2D eigenvalue weighted by atomic mass is 16.5. The van der Waals surface area contributed by atoms with Crippen LogP contribution in [0, 0.1) is 6.92 Å². The molecule has 0 radical (unpaired) electrons. The first-order chi connectivity index (χ1) is 9.20. The molecule has 1 aliphatic rings. The van der Waals surface area contributed by atoms with Crippen LogP contribution >= 0.6 is 0 Å². The predicted octanol–water partition coefficient (Wildman–Crippen LogP) is 1.60. The van der Waals surface area contributed by atoms with Gasteiger partial charge in [-0.05, 0) is 31.9 Å². The highest BCUT2D eigenvalue weighted by molar-refractivity contribution is 6.02. The Morgan fingerprint density at radius 1 is 1.32 bits per heavy atom. The van der Waals surface area contributed by atoms with Crippen molar-refractivity contribution >= 4 is 17.5 Å². The third-order valence-corrected chi connectivity index (χ3v) is 2.70. The fourth-order valence-electron chi connectivity index (χ4n) is 1.57. The Hall–Kier alpha value is -2.44. The summed E-state index contributed by atoms with van der Waals surface area (Å²) in [6.45, 7) is 1.75. The van der Waals surface area contributed by atoms with Crippen molar-refractivity contribution < 1.29 is 9.32 Å². The summed E-state index contributed by atoms with van der Waals surface area (Å²) < 4.78 is 4.86. The molecule has 0 aliphatic heterocycles. The van der Waals surface area contributed by atoms with Gasteiger partial charge in [-0.15, -0.1) is 10.2 Å². The van der Waals surface area contributed by atoms with Crippen LogP contribution in [0.4, 0.5) is 11.6 Å². The second-order valence-corrected chi connectivity index (χ2v) is 4.50. The molecular formula is C12H13N5O2. The van der Waals surface area contributed by atoms with Crippen LogP contribution in [-0.4, -0.2) is 27.3 Å². The Kier molecular flexibility index (Phi) is 2.86. The highest BCUT2D eigenvalue weighted by Gasteiger charge is 2.21. The molecule has 0 aromatic carbocycles. The average Bonchev–Trinajstić information content (AvgIpc) is 3.12. The predicted molar refractivity (Wildman–Crippen MR) is 67.9 cm³/mol. The molecule has 2 aromatic heterocycles. The van der Waals surface area contributed by atoms with Crippen molar-refractivity contribution in [3.05, 3.63) is 29.7 Å². The summed E-state index contributed by atoms with van der Waals surface area (Å²) in [5.74, 6) is 1.32. The molecule has 0 bridgehead atoms. The second-order valence-electron chi connectivity index (χ2n) is 4.50. The fourth-order valence-corrected chi connectivity index (χ4v) is 1.57. The lowest BCUT2D eigenvalue weighted by Crippen LogP contribution is -2.15. The van der Waals surface area contributed by atoms with Gasteiger partial charge in [-0.1, -0.05) is 5.16 Å². The Morgan fingerprint density at radius 3 is 2.74 bits per heavy atom. The molecule has 0 saturated heterocycles. The normalized spacial score (nSPS) is 14.2. The molecule has 2 heterocycles. The third-order valence-electron chi connectivity index (χ3n) is 2.70. The molecule has 7 heteroatoms. The number of carbonyl (C=O) groups is 1. The number of aryl methyl sites for hydroxylation is 1. The van der Waals surface area contributed by atoms with Crippen LogP contribution in [0.2, 0.25) is 0 Å². The van der Waals surface area contributed by atoms with Crippen molar-refractivity contribution in [1.29, 1.82) is 0 Å². The quantitative estimate of drug-likeness (QED) is 0.866. The van der Waals surface area contributed by atoms with E-state index in [2.05, 4.69) is 26.0 Å². The summed E-state index contributed by atoms with van der Waals surface area (Å²) in [4.78, 5) is 11.9. The number of nitrogens with zero attached hydrogens (tertiary/aromatic N) is 3. The van der Waals surface area contributed by atoms with Gasteiger partial charge < -0.3 is 15.2 Å². The van der Waals surface area contributed by atoms with Crippen molar-refractivity contribution in [1.82, 2.24) is 15.4 Å². The molecule has 1 amide bonds. The van der Waals surface area contributed by atoms with E-state index in [1.165, 1.54) is 0 Å².